The van der Waals surface area contributed by atoms with Gasteiger partial charge in [0.25, 0.3) is 0 Å². The lowest BCUT2D eigenvalue weighted by molar-refractivity contribution is 0.702. The molecule has 0 aliphatic carbocycles. The molecule has 0 spiro atoms. The Kier molecular flexibility index (Phi) is 2.47. The maximum Gasteiger partial charge on any atom is 0.0399 e. The summed E-state index contributed by atoms with van der Waals surface area (Å²) in [6.07, 6.45) is 1.19. The standard InChI is InChI=1S/C17H18N2/c1-4-8-17-13(5-1)9-10-19(17)12-14-11-18-16-7-3-2-6-15(14)16/h1-8,14,18H,9-12H2. The topological polar surface area (TPSA) is 15.3 Å². The molecule has 2 aliphatic rings. The Morgan fingerprint density at radius 1 is 1.05 bits per heavy atom. The Morgan fingerprint density at radius 2 is 1.89 bits per heavy atom. The van der Waals surface area contributed by atoms with Crippen LogP contribution in [0.2, 0.25) is 0 Å². The van der Waals surface area contributed by atoms with Gasteiger partial charge in [0.2, 0.25) is 0 Å². The maximum atomic E-state index is 3.52. The van der Waals surface area contributed by atoms with Gasteiger partial charge in [-0.3, -0.25) is 0 Å². The van der Waals surface area contributed by atoms with E-state index in [0.717, 1.165) is 19.6 Å². The molecule has 1 N–H and O–H groups in total. The van der Waals surface area contributed by atoms with Gasteiger partial charge in [-0.05, 0) is 29.7 Å². The molecule has 2 nitrogen and oxygen atoms in total. The monoisotopic (exact) mass is 250 g/mol. The number of fused-ring (bicyclic) bond motifs is 2. The average Bonchev–Trinajstić information content (AvgIpc) is 3.05. The normalized spacial score (nSPS) is 20.0. The number of para-hydroxylation sites is 2. The molecule has 4 rings (SSSR count). The van der Waals surface area contributed by atoms with Crippen LogP contribution < -0.4 is 10.2 Å². The zero-order valence-electron chi connectivity index (χ0n) is 11.0. The molecule has 96 valence electrons. The van der Waals surface area contributed by atoms with E-state index in [1.54, 1.807) is 0 Å². The summed E-state index contributed by atoms with van der Waals surface area (Å²) in [7, 11) is 0. The summed E-state index contributed by atoms with van der Waals surface area (Å²) in [6, 6.07) is 17.5. The number of anilines is 2. The Bertz CT molecular complexity index is 552. The van der Waals surface area contributed by atoms with E-state index < -0.39 is 0 Å². The molecule has 2 heteroatoms. The molecule has 0 bridgehead atoms. The van der Waals surface area contributed by atoms with Crippen molar-refractivity contribution in [2.45, 2.75) is 12.3 Å². The fourth-order valence-corrected chi connectivity index (χ4v) is 3.38. The van der Waals surface area contributed by atoms with Crippen LogP contribution in [0.4, 0.5) is 11.4 Å². The van der Waals surface area contributed by atoms with Gasteiger partial charge in [0, 0.05) is 36.9 Å². The van der Waals surface area contributed by atoms with E-state index in [-0.39, 0.29) is 0 Å². The first-order valence-corrected chi connectivity index (χ1v) is 7.07. The predicted molar refractivity (Wildman–Crippen MR) is 80.0 cm³/mol. The van der Waals surface area contributed by atoms with Crippen LogP contribution in [0.5, 0.6) is 0 Å². The number of hydrogen-bond donors (Lipinski definition) is 1. The summed E-state index contributed by atoms with van der Waals surface area (Å²) >= 11 is 0. The maximum absolute atomic E-state index is 3.52. The number of hydrogen-bond acceptors (Lipinski definition) is 2. The largest absolute Gasteiger partial charge is 0.384 e. The van der Waals surface area contributed by atoms with E-state index >= 15 is 0 Å². The molecular formula is C17H18N2. The van der Waals surface area contributed by atoms with Crippen LogP contribution in [0.1, 0.15) is 17.0 Å². The van der Waals surface area contributed by atoms with E-state index in [9.17, 15) is 0 Å². The summed E-state index contributed by atoms with van der Waals surface area (Å²) in [5.41, 5.74) is 5.74. The Labute approximate surface area is 114 Å². The van der Waals surface area contributed by atoms with Crippen molar-refractivity contribution in [2.24, 2.45) is 0 Å². The second kappa shape index (κ2) is 4.30. The van der Waals surface area contributed by atoms with Gasteiger partial charge >= 0.3 is 0 Å². The van der Waals surface area contributed by atoms with Crippen LogP contribution in [0.15, 0.2) is 48.5 Å². The molecular weight excluding hydrogens is 232 g/mol. The van der Waals surface area contributed by atoms with Crippen LogP contribution in [0.3, 0.4) is 0 Å². The van der Waals surface area contributed by atoms with E-state index in [1.807, 2.05) is 0 Å². The van der Waals surface area contributed by atoms with Crippen LogP contribution in [-0.4, -0.2) is 19.6 Å². The lowest BCUT2D eigenvalue weighted by atomic mass is 10.0. The molecule has 1 atom stereocenters. The second-order valence-electron chi connectivity index (χ2n) is 5.49. The minimum absolute atomic E-state index is 0.613. The van der Waals surface area contributed by atoms with Gasteiger partial charge in [0.15, 0.2) is 0 Å². The smallest absolute Gasteiger partial charge is 0.0399 e. The lowest BCUT2D eigenvalue weighted by Gasteiger charge is -2.23. The first kappa shape index (κ1) is 10.9. The summed E-state index contributed by atoms with van der Waals surface area (Å²) in [5, 5.41) is 3.52. The molecule has 0 saturated carbocycles. The zero-order valence-corrected chi connectivity index (χ0v) is 11.0. The minimum Gasteiger partial charge on any atom is -0.384 e. The lowest BCUT2D eigenvalue weighted by Crippen LogP contribution is -2.27. The summed E-state index contributed by atoms with van der Waals surface area (Å²) < 4.78 is 0. The third-order valence-corrected chi connectivity index (χ3v) is 4.36. The highest BCUT2D eigenvalue weighted by Crippen LogP contribution is 2.35. The van der Waals surface area contributed by atoms with Gasteiger partial charge in [-0.15, -0.1) is 0 Å². The molecule has 0 fully saturated rings. The van der Waals surface area contributed by atoms with Crippen molar-refractivity contribution >= 4 is 11.4 Å². The molecule has 2 aromatic rings. The molecule has 1 unspecified atom stereocenters. The molecule has 2 heterocycles. The van der Waals surface area contributed by atoms with Crippen LogP contribution in [-0.2, 0) is 6.42 Å². The van der Waals surface area contributed by atoms with Crippen molar-refractivity contribution in [2.75, 3.05) is 29.9 Å². The average molecular weight is 250 g/mol. The van der Waals surface area contributed by atoms with Gasteiger partial charge in [0.1, 0.15) is 0 Å². The number of benzene rings is 2. The van der Waals surface area contributed by atoms with Crippen molar-refractivity contribution in [3.63, 3.8) is 0 Å². The molecule has 0 aromatic heterocycles. The van der Waals surface area contributed by atoms with Crippen LogP contribution in [0, 0.1) is 0 Å². The first-order valence-electron chi connectivity index (χ1n) is 7.07. The number of rotatable bonds is 2. The highest BCUT2D eigenvalue weighted by Gasteiger charge is 2.26. The van der Waals surface area contributed by atoms with Gasteiger partial charge in [-0.25, -0.2) is 0 Å². The molecule has 0 amide bonds. The molecule has 0 radical (unpaired) electrons. The SMILES string of the molecule is c1ccc2c(c1)CCN2CC1CNc2ccccc21. The third-order valence-electron chi connectivity index (χ3n) is 4.36. The minimum atomic E-state index is 0.613. The Hall–Kier alpha value is -1.96. The van der Waals surface area contributed by atoms with Crippen LogP contribution in [0.25, 0.3) is 0 Å². The first-order chi connectivity index (χ1) is 9.42. The zero-order chi connectivity index (χ0) is 12.7. The van der Waals surface area contributed by atoms with Crippen molar-refractivity contribution in [1.29, 1.82) is 0 Å². The van der Waals surface area contributed by atoms with Gasteiger partial charge in [0.05, 0.1) is 0 Å². The fourth-order valence-electron chi connectivity index (χ4n) is 3.38. The summed E-state index contributed by atoms with van der Waals surface area (Å²) in [4.78, 5) is 2.55. The molecule has 2 aliphatic heterocycles. The Balaban J connectivity index is 1.58. The van der Waals surface area contributed by atoms with E-state index in [1.165, 1.54) is 28.9 Å². The van der Waals surface area contributed by atoms with Crippen molar-refractivity contribution in [3.8, 4) is 0 Å². The Morgan fingerprint density at radius 3 is 2.89 bits per heavy atom. The number of nitrogens with zero attached hydrogens (tertiary/aromatic N) is 1. The highest BCUT2D eigenvalue weighted by molar-refractivity contribution is 5.61. The van der Waals surface area contributed by atoms with E-state index in [2.05, 4.69) is 58.7 Å². The van der Waals surface area contributed by atoms with Crippen molar-refractivity contribution in [3.05, 3.63) is 59.7 Å². The van der Waals surface area contributed by atoms with Gasteiger partial charge < -0.3 is 10.2 Å². The summed E-state index contributed by atoms with van der Waals surface area (Å²) in [5.74, 6) is 0.613. The molecule has 19 heavy (non-hydrogen) atoms. The van der Waals surface area contributed by atoms with Gasteiger partial charge in [-0.1, -0.05) is 36.4 Å². The molecule has 2 aromatic carbocycles. The third kappa shape index (κ3) is 1.79. The number of nitrogens with one attached hydrogen (secondary N) is 1. The fraction of sp³-hybridized carbons (Fsp3) is 0.294. The van der Waals surface area contributed by atoms with Gasteiger partial charge in [-0.2, -0.15) is 0 Å². The van der Waals surface area contributed by atoms with E-state index in [4.69, 9.17) is 0 Å². The predicted octanol–water partition coefficient (Wildman–Crippen LogP) is 3.26. The summed E-state index contributed by atoms with van der Waals surface area (Å²) in [6.45, 7) is 3.36. The van der Waals surface area contributed by atoms with Crippen LogP contribution >= 0.6 is 0 Å². The highest BCUT2D eigenvalue weighted by atomic mass is 15.2. The van der Waals surface area contributed by atoms with Crippen molar-refractivity contribution < 1.29 is 0 Å². The molecule has 0 saturated heterocycles. The second-order valence-corrected chi connectivity index (χ2v) is 5.49. The van der Waals surface area contributed by atoms with E-state index in [0.29, 0.717) is 5.92 Å². The quantitative estimate of drug-likeness (QED) is 0.880. The van der Waals surface area contributed by atoms with Crippen molar-refractivity contribution in [1.82, 2.24) is 0 Å².